The first-order valence-corrected chi connectivity index (χ1v) is 11.9. The fourth-order valence-electron chi connectivity index (χ4n) is 2.92. The third kappa shape index (κ3) is 5.35. The fraction of sp³-hybridized carbons (Fsp3) is 0.136. The molecule has 32 heavy (non-hydrogen) atoms. The van der Waals surface area contributed by atoms with Crippen LogP contribution in [0.4, 0.5) is 11.4 Å². The molecule has 0 spiro atoms. The topological polar surface area (TPSA) is 84.9 Å². The lowest BCUT2D eigenvalue weighted by molar-refractivity contribution is -0.114. The summed E-state index contributed by atoms with van der Waals surface area (Å²) in [6.45, 7) is -0.506. The van der Waals surface area contributed by atoms with Gasteiger partial charge in [-0.3, -0.25) is 9.10 Å². The highest BCUT2D eigenvalue weighted by molar-refractivity contribution is 9.10. The third-order valence-electron chi connectivity index (χ3n) is 4.48. The second-order valence-corrected chi connectivity index (χ2v) is 9.66. The predicted molar refractivity (Wildman–Crippen MR) is 128 cm³/mol. The lowest BCUT2D eigenvalue weighted by Gasteiger charge is -2.26. The Balaban J connectivity index is 2.03. The molecule has 1 amide bonds. The Labute approximate surface area is 200 Å². The molecule has 10 heteroatoms. The van der Waals surface area contributed by atoms with E-state index in [1.807, 2.05) is 0 Å². The van der Waals surface area contributed by atoms with E-state index >= 15 is 0 Å². The van der Waals surface area contributed by atoms with Crippen LogP contribution in [0.25, 0.3) is 0 Å². The van der Waals surface area contributed by atoms with E-state index in [1.165, 1.54) is 32.4 Å². The highest BCUT2D eigenvalue weighted by Gasteiger charge is 2.30. The number of methoxy groups -OCH3 is 2. The number of rotatable bonds is 8. The minimum Gasteiger partial charge on any atom is -0.497 e. The van der Waals surface area contributed by atoms with Crippen LogP contribution in [0.1, 0.15) is 0 Å². The molecule has 0 saturated heterocycles. The number of hydrogen-bond donors (Lipinski definition) is 1. The minimum absolute atomic E-state index is 0.0318. The number of nitrogens with one attached hydrogen (secondary N) is 1. The quantitative estimate of drug-likeness (QED) is 0.438. The maximum absolute atomic E-state index is 13.5. The van der Waals surface area contributed by atoms with Crippen molar-refractivity contribution in [2.75, 3.05) is 30.4 Å². The summed E-state index contributed by atoms with van der Waals surface area (Å²) >= 11 is 9.38. The number of amides is 1. The molecule has 0 aliphatic rings. The summed E-state index contributed by atoms with van der Waals surface area (Å²) in [4.78, 5) is 12.9. The molecule has 0 saturated carbocycles. The van der Waals surface area contributed by atoms with Gasteiger partial charge in [-0.15, -0.1) is 0 Å². The van der Waals surface area contributed by atoms with Crippen LogP contribution in [0.2, 0.25) is 5.02 Å². The monoisotopic (exact) mass is 538 g/mol. The molecular formula is C22H20BrClN2O5S. The predicted octanol–water partition coefficient (Wildman–Crippen LogP) is 4.95. The SMILES string of the molecule is COc1ccc(OC)c(N(CC(=O)Nc2ccc(Br)c(Cl)c2)S(=O)(=O)c2ccccc2)c1. The molecule has 0 bridgehead atoms. The smallest absolute Gasteiger partial charge is 0.264 e. The summed E-state index contributed by atoms with van der Waals surface area (Å²) in [7, 11) is -1.23. The second kappa shape index (κ2) is 10.2. The first-order chi connectivity index (χ1) is 15.3. The molecule has 0 radical (unpaired) electrons. The lowest BCUT2D eigenvalue weighted by Crippen LogP contribution is -2.38. The number of benzene rings is 3. The average molecular weight is 540 g/mol. The van der Waals surface area contributed by atoms with Gasteiger partial charge in [0.05, 0.1) is 29.8 Å². The van der Waals surface area contributed by atoms with Crippen LogP contribution in [0.3, 0.4) is 0 Å². The summed E-state index contributed by atoms with van der Waals surface area (Å²) in [6.07, 6.45) is 0. The zero-order valence-electron chi connectivity index (χ0n) is 17.2. The van der Waals surface area contributed by atoms with Gasteiger partial charge >= 0.3 is 0 Å². The van der Waals surface area contributed by atoms with Gasteiger partial charge in [-0.2, -0.15) is 0 Å². The van der Waals surface area contributed by atoms with E-state index < -0.39 is 22.5 Å². The number of sulfonamides is 1. The van der Waals surface area contributed by atoms with Crippen molar-refractivity contribution in [1.29, 1.82) is 0 Å². The normalized spacial score (nSPS) is 11.0. The van der Waals surface area contributed by atoms with Crippen LogP contribution < -0.4 is 19.1 Å². The number of carbonyl (C=O) groups excluding carboxylic acids is 1. The molecule has 0 aliphatic carbocycles. The van der Waals surface area contributed by atoms with E-state index in [9.17, 15) is 13.2 Å². The molecule has 0 aliphatic heterocycles. The van der Waals surface area contributed by atoms with Gasteiger partial charge in [0.2, 0.25) is 5.91 Å². The Morgan fingerprint density at radius 2 is 1.75 bits per heavy atom. The highest BCUT2D eigenvalue weighted by Crippen LogP contribution is 2.35. The van der Waals surface area contributed by atoms with Gasteiger partial charge < -0.3 is 14.8 Å². The molecule has 1 N–H and O–H groups in total. The molecule has 7 nitrogen and oxygen atoms in total. The molecule has 3 aromatic carbocycles. The Morgan fingerprint density at radius 1 is 1.03 bits per heavy atom. The van der Waals surface area contributed by atoms with Crippen LogP contribution in [0.5, 0.6) is 11.5 Å². The number of halogens is 2. The molecule has 0 fully saturated rings. The zero-order chi connectivity index (χ0) is 23.3. The van der Waals surface area contributed by atoms with E-state index in [2.05, 4.69) is 21.2 Å². The largest absolute Gasteiger partial charge is 0.497 e. The number of ether oxygens (including phenoxy) is 2. The van der Waals surface area contributed by atoms with Crippen LogP contribution in [0.15, 0.2) is 76.1 Å². The van der Waals surface area contributed by atoms with E-state index in [0.29, 0.717) is 20.9 Å². The van der Waals surface area contributed by atoms with Crippen molar-refractivity contribution < 1.29 is 22.7 Å². The molecule has 0 atom stereocenters. The minimum atomic E-state index is -4.11. The van der Waals surface area contributed by atoms with E-state index in [-0.39, 0.29) is 16.3 Å². The molecule has 168 valence electrons. The van der Waals surface area contributed by atoms with Crippen molar-refractivity contribution in [3.63, 3.8) is 0 Å². The van der Waals surface area contributed by atoms with Crippen LogP contribution >= 0.6 is 27.5 Å². The summed E-state index contributed by atoms with van der Waals surface area (Å²) in [5.41, 5.74) is 0.595. The standard InChI is InChI=1S/C22H20BrClN2O5S/c1-30-16-9-11-21(31-2)20(13-16)26(32(28,29)17-6-4-3-5-7-17)14-22(27)25-15-8-10-18(23)19(24)12-15/h3-13H,14H2,1-2H3,(H,25,27). The Morgan fingerprint density at radius 3 is 2.38 bits per heavy atom. The van der Waals surface area contributed by atoms with Gasteiger partial charge in [0.1, 0.15) is 18.0 Å². The Bertz CT molecular complexity index is 1220. The lowest BCUT2D eigenvalue weighted by atomic mass is 10.2. The van der Waals surface area contributed by atoms with Gasteiger partial charge in [0.15, 0.2) is 0 Å². The molecular weight excluding hydrogens is 520 g/mol. The molecule has 0 aromatic heterocycles. The summed E-state index contributed by atoms with van der Waals surface area (Å²) in [6, 6.07) is 17.5. The van der Waals surface area contributed by atoms with E-state index in [0.717, 1.165) is 4.31 Å². The number of anilines is 2. The highest BCUT2D eigenvalue weighted by atomic mass is 79.9. The first-order valence-electron chi connectivity index (χ1n) is 9.31. The molecule has 0 heterocycles. The van der Waals surface area contributed by atoms with Crippen molar-refractivity contribution in [2.24, 2.45) is 0 Å². The van der Waals surface area contributed by atoms with Crippen LogP contribution in [-0.4, -0.2) is 35.1 Å². The number of carbonyl (C=O) groups is 1. The first kappa shape index (κ1) is 23.9. The van der Waals surface area contributed by atoms with Crippen molar-refractivity contribution in [3.05, 3.63) is 76.2 Å². The van der Waals surface area contributed by atoms with Gasteiger partial charge in [-0.05, 0) is 58.4 Å². The Kier molecular flexibility index (Phi) is 7.65. The third-order valence-corrected chi connectivity index (χ3v) is 7.48. The van der Waals surface area contributed by atoms with Gasteiger partial charge in [0.25, 0.3) is 10.0 Å². The number of hydrogen-bond acceptors (Lipinski definition) is 5. The van der Waals surface area contributed by atoms with Crippen molar-refractivity contribution >= 4 is 54.8 Å². The fourth-order valence-corrected chi connectivity index (χ4v) is 4.79. The Hall–Kier alpha value is -2.75. The summed E-state index contributed by atoms with van der Waals surface area (Å²) in [5.74, 6) is 0.117. The van der Waals surface area contributed by atoms with E-state index in [1.54, 1.807) is 48.5 Å². The zero-order valence-corrected chi connectivity index (χ0v) is 20.4. The number of nitrogens with zero attached hydrogens (tertiary/aromatic N) is 1. The summed E-state index contributed by atoms with van der Waals surface area (Å²) < 4.78 is 39.3. The maximum Gasteiger partial charge on any atom is 0.264 e. The summed E-state index contributed by atoms with van der Waals surface area (Å²) in [5, 5.41) is 3.09. The molecule has 0 unspecified atom stereocenters. The molecule has 3 rings (SSSR count). The maximum atomic E-state index is 13.5. The van der Waals surface area contributed by atoms with Gasteiger partial charge in [-0.1, -0.05) is 29.8 Å². The van der Waals surface area contributed by atoms with Crippen molar-refractivity contribution in [2.45, 2.75) is 4.90 Å². The van der Waals surface area contributed by atoms with Crippen LogP contribution in [0, 0.1) is 0 Å². The average Bonchev–Trinajstić information content (AvgIpc) is 2.80. The van der Waals surface area contributed by atoms with E-state index in [4.69, 9.17) is 21.1 Å². The van der Waals surface area contributed by atoms with Crippen molar-refractivity contribution in [1.82, 2.24) is 0 Å². The molecule has 3 aromatic rings. The van der Waals surface area contributed by atoms with Gasteiger partial charge in [-0.25, -0.2) is 8.42 Å². The van der Waals surface area contributed by atoms with Gasteiger partial charge in [0, 0.05) is 16.2 Å². The second-order valence-electron chi connectivity index (χ2n) is 6.54. The van der Waals surface area contributed by atoms with Crippen LogP contribution in [-0.2, 0) is 14.8 Å². The van der Waals surface area contributed by atoms with Crippen molar-refractivity contribution in [3.8, 4) is 11.5 Å².